The molecule has 1 aliphatic rings. The summed E-state index contributed by atoms with van der Waals surface area (Å²) in [5.74, 6) is -0.138. The molecule has 18 heavy (non-hydrogen) atoms. The van der Waals surface area contributed by atoms with Crippen LogP contribution in [-0.2, 0) is 9.59 Å². The van der Waals surface area contributed by atoms with Crippen molar-refractivity contribution in [2.75, 3.05) is 11.4 Å². The van der Waals surface area contributed by atoms with Crippen molar-refractivity contribution in [3.63, 3.8) is 0 Å². The second kappa shape index (κ2) is 5.57. The number of rotatable bonds is 4. The number of nitrogens with zero attached hydrogens (tertiary/aromatic N) is 1. The van der Waals surface area contributed by atoms with Crippen LogP contribution in [0.3, 0.4) is 0 Å². The number of Topliss-reactive ketones (excluding diaryl/α,β-unsaturated/α-hetero) is 1. The number of benzene rings is 1. The maximum atomic E-state index is 12.3. The molecule has 1 heterocycles. The van der Waals surface area contributed by atoms with Gasteiger partial charge in [-0.15, -0.1) is 11.8 Å². The van der Waals surface area contributed by atoms with Crippen LogP contribution in [0.15, 0.2) is 29.2 Å². The van der Waals surface area contributed by atoms with E-state index in [0.717, 1.165) is 23.4 Å². The average Bonchev–Trinajstić information content (AvgIpc) is 2.37. The summed E-state index contributed by atoms with van der Waals surface area (Å²) in [6, 6.07) is 7.80. The number of hydrogen-bond donors (Lipinski definition) is 0. The Hall–Kier alpha value is -1.29. The Morgan fingerprint density at radius 2 is 2.11 bits per heavy atom. The Balaban J connectivity index is 2.36. The lowest BCUT2D eigenvalue weighted by Gasteiger charge is -2.32. The van der Waals surface area contributed by atoms with Crippen molar-refractivity contribution >= 4 is 29.1 Å². The molecule has 0 spiro atoms. The molecule has 0 saturated heterocycles. The Morgan fingerprint density at radius 1 is 1.39 bits per heavy atom. The van der Waals surface area contributed by atoms with Crippen LogP contribution in [0.1, 0.15) is 26.7 Å². The van der Waals surface area contributed by atoms with Gasteiger partial charge in [0.2, 0.25) is 5.91 Å². The van der Waals surface area contributed by atoms with Crippen LogP contribution in [0.4, 0.5) is 5.69 Å². The summed E-state index contributed by atoms with van der Waals surface area (Å²) in [5, 5.41) is -0.572. The third-order valence-corrected chi connectivity index (χ3v) is 4.36. The lowest BCUT2D eigenvalue weighted by molar-refractivity contribution is -0.125. The highest BCUT2D eigenvalue weighted by molar-refractivity contribution is 8.01. The molecule has 96 valence electrons. The van der Waals surface area contributed by atoms with Gasteiger partial charge in [0, 0.05) is 11.4 Å². The van der Waals surface area contributed by atoms with E-state index in [1.54, 1.807) is 4.90 Å². The standard InChI is InChI=1S/C14H17NO2S/c1-3-4-9-15-11-7-5-6-8-12(11)18-13(10(2)16)14(15)17/h5-8,13H,3-4,9H2,1-2H3. The maximum absolute atomic E-state index is 12.3. The van der Waals surface area contributed by atoms with Crippen LogP contribution in [0.2, 0.25) is 0 Å². The van der Waals surface area contributed by atoms with E-state index in [9.17, 15) is 9.59 Å². The van der Waals surface area contributed by atoms with Gasteiger partial charge in [-0.05, 0) is 25.5 Å². The molecule has 1 atom stereocenters. The minimum Gasteiger partial charge on any atom is -0.310 e. The van der Waals surface area contributed by atoms with Crippen molar-refractivity contribution in [1.82, 2.24) is 0 Å². The zero-order chi connectivity index (χ0) is 13.1. The second-order valence-corrected chi connectivity index (χ2v) is 5.57. The summed E-state index contributed by atoms with van der Waals surface area (Å²) >= 11 is 1.37. The molecule has 0 radical (unpaired) electrons. The van der Waals surface area contributed by atoms with Crippen LogP contribution < -0.4 is 4.90 Å². The zero-order valence-corrected chi connectivity index (χ0v) is 11.5. The minimum atomic E-state index is -0.572. The fourth-order valence-corrected chi connectivity index (χ4v) is 3.13. The van der Waals surface area contributed by atoms with Crippen molar-refractivity contribution in [2.45, 2.75) is 36.8 Å². The first-order chi connectivity index (χ1) is 8.65. The lowest BCUT2D eigenvalue weighted by Crippen LogP contribution is -2.44. The van der Waals surface area contributed by atoms with Crippen LogP contribution in [0, 0.1) is 0 Å². The fourth-order valence-electron chi connectivity index (χ4n) is 2.02. The molecule has 1 unspecified atom stereocenters. The van der Waals surface area contributed by atoms with Crippen LogP contribution in [0.5, 0.6) is 0 Å². The summed E-state index contributed by atoms with van der Waals surface area (Å²) < 4.78 is 0. The van der Waals surface area contributed by atoms with Gasteiger partial charge in [-0.1, -0.05) is 25.5 Å². The van der Waals surface area contributed by atoms with Gasteiger partial charge in [0.05, 0.1) is 5.69 Å². The van der Waals surface area contributed by atoms with Crippen molar-refractivity contribution in [1.29, 1.82) is 0 Å². The number of anilines is 1. The van der Waals surface area contributed by atoms with Gasteiger partial charge < -0.3 is 4.90 Å². The number of ketones is 1. The molecule has 1 amide bonds. The molecule has 1 aliphatic heterocycles. The highest BCUT2D eigenvalue weighted by Gasteiger charge is 2.35. The molecule has 0 aromatic heterocycles. The molecule has 0 aliphatic carbocycles. The van der Waals surface area contributed by atoms with Crippen LogP contribution in [0.25, 0.3) is 0 Å². The molecule has 0 saturated carbocycles. The normalized spacial score (nSPS) is 18.7. The predicted octanol–water partition coefficient (Wildman–Crippen LogP) is 2.88. The summed E-state index contributed by atoms with van der Waals surface area (Å²) in [6.45, 7) is 4.27. The number of amides is 1. The van der Waals surface area contributed by atoms with E-state index >= 15 is 0 Å². The van der Waals surface area contributed by atoms with Crippen LogP contribution >= 0.6 is 11.8 Å². The largest absolute Gasteiger partial charge is 0.310 e. The number of carbonyl (C=O) groups excluding carboxylic acids is 2. The molecule has 2 rings (SSSR count). The molecule has 0 bridgehead atoms. The Kier molecular flexibility index (Phi) is 4.07. The summed E-state index contributed by atoms with van der Waals surface area (Å²) in [5.41, 5.74) is 0.943. The van der Waals surface area contributed by atoms with Gasteiger partial charge in [0.25, 0.3) is 0 Å². The number of thioether (sulfide) groups is 1. The highest BCUT2D eigenvalue weighted by Crippen LogP contribution is 2.39. The summed E-state index contributed by atoms with van der Waals surface area (Å²) in [6.07, 6.45) is 1.99. The van der Waals surface area contributed by atoms with Crippen LogP contribution in [-0.4, -0.2) is 23.5 Å². The maximum Gasteiger partial charge on any atom is 0.248 e. The van der Waals surface area contributed by atoms with Crippen molar-refractivity contribution in [3.05, 3.63) is 24.3 Å². The van der Waals surface area contributed by atoms with E-state index in [4.69, 9.17) is 0 Å². The number of fused-ring (bicyclic) bond motifs is 1. The van der Waals surface area contributed by atoms with Gasteiger partial charge in [-0.3, -0.25) is 9.59 Å². The molecule has 1 aromatic carbocycles. The monoisotopic (exact) mass is 263 g/mol. The molecular formula is C14H17NO2S. The molecule has 0 N–H and O–H groups in total. The Morgan fingerprint density at radius 3 is 2.78 bits per heavy atom. The van der Waals surface area contributed by atoms with Gasteiger partial charge in [0.1, 0.15) is 5.25 Å². The van der Waals surface area contributed by atoms with E-state index in [2.05, 4.69) is 6.92 Å². The van der Waals surface area contributed by atoms with E-state index in [-0.39, 0.29) is 11.7 Å². The van der Waals surface area contributed by atoms with E-state index < -0.39 is 5.25 Å². The highest BCUT2D eigenvalue weighted by atomic mass is 32.2. The van der Waals surface area contributed by atoms with Crippen molar-refractivity contribution < 1.29 is 9.59 Å². The first-order valence-corrected chi connectivity index (χ1v) is 7.10. The third-order valence-electron chi connectivity index (χ3n) is 3.00. The van der Waals surface area contributed by atoms with E-state index in [0.29, 0.717) is 6.54 Å². The topological polar surface area (TPSA) is 37.4 Å². The molecular weight excluding hydrogens is 246 g/mol. The van der Waals surface area contributed by atoms with E-state index in [1.807, 2.05) is 24.3 Å². The van der Waals surface area contributed by atoms with Gasteiger partial charge in [0.15, 0.2) is 5.78 Å². The number of carbonyl (C=O) groups is 2. The first kappa shape index (κ1) is 13.1. The Labute approximate surface area is 112 Å². The lowest BCUT2D eigenvalue weighted by atomic mass is 10.2. The SMILES string of the molecule is CCCCN1C(=O)C(C(C)=O)Sc2ccccc21. The predicted molar refractivity (Wildman–Crippen MR) is 74.0 cm³/mol. The van der Waals surface area contributed by atoms with Crippen molar-refractivity contribution in [3.8, 4) is 0 Å². The zero-order valence-electron chi connectivity index (χ0n) is 10.7. The van der Waals surface area contributed by atoms with Crippen molar-refractivity contribution in [2.24, 2.45) is 0 Å². The first-order valence-electron chi connectivity index (χ1n) is 6.22. The minimum absolute atomic E-state index is 0.0685. The van der Waals surface area contributed by atoms with Gasteiger partial charge >= 0.3 is 0 Å². The van der Waals surface area contributed by atoms with Gasteiger partial charge in [-0.2, -0.15) is 0 Å². The second-order valence-electron chi connectivity index (χ2n) is 4.42. The Bertz CT molecular complexity index is 473. The number of hydrogen-bond acceptors (Lipinski definition) is 3. The number of para-hydroxylation sites is 1. The third kappa shape index (κ3) is 2.43. The number of unbranched alkanes of at least 4 members (excludes halogenated alkanes) is 1. The van der Waals surface area contributed by atoms with E-state index in [1.165, 1.54) is 18.7 Å². The average molecular weight is 263 g/mol. The fraction of sp³-hybridized carbons (Fsp3) is 0.429. The quantitative estimate of drug-likeness (QED) is 0.784. The molecule has 0 fully saturated rings. The van der Waals surface area contributed by atoms with Gasteiger partial charge in [-0.25, -0.2) is 0 Å². The molecule has 1 aromatic rings. The summed E-state index contributed by atoms with van der Waals surface area (Å²) in [4.78, 5) is 26.7. The molecule has 4 heteroatoms. The smallest absolute Gasteiger partial charge is 0.248 e. The molecule has 3 nitrogen and oxygen atoms in total. The summed E-state index contributed by atoms with van der Waals surface area (Å²) in [7, 11) is 0.